The van der Waals surface area contributed by atoms with Gasteiger partial charge in [-0.05, 0) is 67.6 Å². The van der Waals surface area contributed by atoms with Crippen LogP contribution in [0.1, 0.15) is 24.8 Å². The van der Waals surface area contributed by atoms with Crippen LogP contribution >= 0.6 is 15.9 Å². The number of rotatable bonds is 5. The van der Waals surface area contributed by atoms with Gasteiger partial charge in [-0.3, -0.25) is 0 Å². The molecule has 2 aromatic rings. The molecule has 0 radical (unpaired) electrons. The molecule has 2 aromatic carbocycles. The molecule has 1 fully saturated rings. The van der Waals surface area contributed by atoms with E-state index in [1.807, 2.05) is 24.3 Å². The third-order valence-electron chi connectivity index (χ3n) is 4.46. The van der Waals surface area contributed by atoms with Gasteiger partial charge in [0, 0.05) is 35.5 Å². The van der Waals surface area contributed by atoms with Crippen molar-refractivity contribution in [3.8, 4) is 0 Å². The van der Waals surface area contributed by atoms with E-state index >= 15 is 0 Å². The molecule has 1 saturated heterocycles. The normalized spacial score (nSPS) is 14.2. The second kappa shape index (κ2) is 8.90. The minimum absolute atomic E-state index is 0.164. The van der Waals surface area contributed by atoms with E-state index in [1.54, 1.807) is 0 Å². The fraction of sp³-hybridized carbons (Fsp3) is 0.350. The first kappa shape index (κ1) is 17.8. The SMILES string of the molecule is O=C(NCCc1ccc(Br)cc1)Nc1ccc(N2CCCCC2)cc1. The van der Waals surface area contributed by atoms with E-state index in [-0.39, 0.29) is 6.03 Å². The lowest BCUT2D eigenvalue weighted by molar-refractivity contribution is 0.252. The molecular weight excluding hydrogens is 378 g/mol. The van der Waals surface area contributed by atoms with Crippen LogP contribution in [0.3, 0.4) is 0 Å². The highest BCUT2D eigenvalue weighted by Gasteiger charge is 2.10. The van der Waals surface area contributed by atoms with Gasteiger partial charge in [0.05, 0.1) is 0 Å². The van der Waals surface area contributed by atoms with Crippen molar-refractivity contribution in [1.29, 1.82) is 0 Å². The van der Waals surface area contributed by atoms with Crippen LogP contribution in [0.5, 0.6) is 0 Å². The molecule has 1 aliphatic rings. The van der Waals surface area contributed by atoms with Gasteiger partial charge in [-0.25, -0.2) is 4.79 Å². The Bertz CT molecular complexity index is 679. The molecule has 1 heterocycles. The van der Waals surface area contributed by atoms with Crippen LogP contribution in [-0.2, 0) is 6.42 Å². The Morgan fingerprint density at radius 1 is 0.960 bits per heavy atom. The summed E-state index contributed by atoms with van der Waals surface area (Å²) in [5.41, 5.74) is 3.26. The van der Waals surface area contributed by atoms with E-state index in [4.69, 9.17) is 0 Å². The van der Waals surface area contributed by atoms with Gasteiger partial charge in [0.2, 0.25) is 0 Å². The third kappa shape index (κ3) is 5.49. The van der Waals surface area contributed by atoms with Crippen LogP contribution in [0.15, 0.2) is 53.0 Å². The fourth-order valence-corrected chi connectivity index (χ4v) is 3.32. The summed E-state index contributed by atoms with van der Waals surface area (Å²) < 4.78 is 1.06. The number of nitrogens with one attached hydrogen (secondary N) is 2. The van der Waals surface area contributed by atoms with Gasteiger partial charge in [0.15, 0.2) is 0 Å². The number of amides is 2. The maximum absolute atomic E-state index is 12.0. The highest BCUT2D eigenvalue weighted by molar-refractivity contribution is 9.10. The van der Waals surface area contributed by atoms with E-state index < -0.39 is 0 Å². The van der Waals surface area contributed by atoms with E-state index in [2.05, 4.69) is 55.7 Å². The zero-order valence-corrected chi connectivity index (χ0v) is 15.9. The van der Waals surface area contributed by atoms with Crippen molar-refractivity contribution in [2.75, 3.05) is 29.9 Å². The molecule has 132 valence electrons. The maximum Gasteiger partial charge on any atom is 0.319 e. The summed E-state index contributed by atoms with van der Waals surface area (Å²) in [6.07, 6.45) is 4.67. The minimum Gasteiger partial charge on any atom is -0.372 e. The minimum atomic E-state index is -0.164. The van der Waals surface area contributed by atoms with E-state index in [1.165, 1.54) is 30.5 Å². The second-order valence-corrected chi connectivity index (χ2v) is 7.27. The van der Waals surface area contributed by atoms with Crippen molar-refractivity contribution in [1.82, 2.24) is 5.32 Å². The zero-order valence-electron chi connectivity index (χ0n) is 14.3. The number of nitrogens with zero attached hydrogens (tertiary/aromatic N) is 1. The van der Waals surface area contributed by atoms with Gasteiger partial charge >= 0.3 is 6.03 Å². The first-order chi connectivity index (χ1) is 12.2. The van der Waals surface area contributed by atoms with E-state index in [0.717, 1.165) is 29.7 Å². The summed E-state index contributed by atoms with van der Waals surface area (Å²) in [7, 11) is 0. The lowest BCUT2D eigenvalue weighted by Crippen LogP contribution is -2.30. The van der Waals surface area contributed by atoms with Gasteiger partial charge in [0.25, 0.3) is 0 Å². The largest absolute Gasteiger partial charge is 0.372 e. The van der Waals surface area contributed by atoms with Crippen molar-refractivity contribution in [2.45, 2.75) is 25.7 Å². The van der Waals surface area contributed by atoms with Gasteiger partial charge in [0.1, 0.15) is 0 Å². The molecule has 25 heavy (non-hydrogen) atoms. The quantitative estimate of drug-likeness (QED) is 0.755. The number of anilines is 2. The van der Waals surface area contributed by atoms with E-state index in [0.29, 0.717) is 6.54 Å². The summed E-state index contributed by atoms with van der Waals surface area (Å²) in [6.45, 7) is 2.87. The molecule has 2 amide bonds. The van der Waals surface area contributed by atoms with Crippen LogP contribution < -0.4 is 15.5 Å². The molecule has 1 aliphatic heterocycles. The predicted octanol–water partition coefficient (Wildman–Crippen LogP) is 4.80. The van der Waals surface area contributed by atoms with Crippen LogP contribution in [-0.4, -0.2) is 25.7 Å². The molecule has 0 spiro atoms. The third-order valence-corrected chi connectivity index (χ3v) is 4.99. The number of hydrogen-bond acceptors (Lipinski definition) is 2. The van der Waals surface area contributed by atoms with Crippen molar-refractivity contribution >= 4 is 33.3 Å². The highest BCUT2D eigenvalue weighted by Crippen LogP contribution is 2.21. The molecule has 4 nitrogen and oxygen atoms in total. The lowest BCUT2D eigenvalue weighted by atomic mass is 10.1. The Hall–Kier alpha value is -2.01. The number of benzene rings is 2. The van der Waals surface area contributed by atoms with Crippen molar-refractivity contribution in [2.24, 2.45) is 0 Å². The summed E-state index contributed by atoms with van der Waals surface area (Å²) in [5.74, 6) is 0. The highest BCUT2D eigenvalue weighted by atomic mass is 79.9. The average Bonchev–Trinajstić information content (AvgIpc) is 2.65. The molecule has 0 saturated carbocycles. The molecule has 0 atom stereocenters. The van der Waals surface area contributed by atoms with E-state index in [9.17, 15) is 4.79 Å². The van der Waals surface area contributed by atoms with Gasteiger partial charge < -0.3 is 15.5 Å². The number of halogens is 1. The Morgan fingerprint density at radius 3 is 2.32 bits per heavy atom. The second-order valence-electron chi connectivity index (χ2n) is 6.35. The zero-order chi connectivity index (χ0) is 17.5. The molecule has 3 rings (SSSR count). The van der Waals surface area contributed by atoms with Crippen molar-refractivity contribution in [3.05, 3.63) is 58.6 Å². The fourth-order valence-electron chi connectivity index (χ4n) is 3.05. The van der Waals surface area contributed by atoms with Crippen molar-refractivity contribution in [3.63, 3.8) is 0 Å². The van der Waals surface area contributed by atoms with Crippen LogP contribution in [0.25, 0.3) is 0 Å². The monoisotopic (exact) mass is 401 g/mol. The summed E-state index contributed by atoms with van der Waals surface area (Å²) >= 11 is 3.42. The van der Waals surface area contributed by atoms with Gasteiger partial charge in [-0.1, -0.05) is 28.1 Å². The summed E-state index contributed by atoms with van der Waals surface area (Å²) in [5, 5.41) is 5.79. The molecule has 0 bridgehead atoms. The Balaban J connectivity index is 1.43. The van der Waals surface area contributed by atoms with Crippen LogP contribution in [0, 0.1) is 0 Å². The van der Waals surface area contributed by atoms with Crippen molar-refractivity contribution < 1.29 is 4.79 Å². The maximum atomic E-state index is 12.0. The average molecular weight is 402 g/mol. The number of urea groups is 1. The number of hydrogen-bond donors (Lipinski definition) is 2. The Kier molecular flexibility index (Phi) is 6.34. The Morgan fingerprint density at radius 2 is 1.64 bits per heavy atom. The first-order valence-electron chi connectivity index (χ1n) is 8.85. The summed E-state index contributed by atoms with van der Waals surface area (Å²) in [6, 6.07) is 16.1. The van der Waals surface area contributed by atoms with Gasteiger partial charge in [-0.2, -0.15) is 0 Å². The summed E-state index contributed by atoms with van der Waals surface area (Å²) in [4.78, 5) is 14.4. The van der Waals surface area contributed by atoms with Gasteiger partial charge in [-0.15, -0.1) is 0 Å². The Labute approximate surface area is 157 Å². The van der Waals surface area contributed by atoms with Crippen LogP contribution in [0.2, 0.25) is 0 Å². The smallest absolute Gasteiger partial charge is 0.319 e. The number of carbonyl (C=O) groups excluding carboxylic acids is 1. The molecule has 0 aliphatic carbocycles. The molecule has 2 N–H and O–H groups in total. The molecule has 0 aromatic heterocycles. The topological polar surface area (TPSA) is 44.4 Å². The molecular formula is C20H24BrN3O. The number of piperidine rings is 1. The van der Waals surface area contributed by atoms with Crippen LogP contribution in [0.4, 0.5) is 16.2 Å². The predicted molar refractivity (Wildman–Crippen MR) is 107 cm³/mol. The molecule has 5 heteroatoms. The lowest BCUT2D eigenvalue weighted by Gasteiger charge is -2.28. The number of carbonyl (C=O) groups is 1. The first-order valence-corrected chi connectivity index (χ1v) is 9.64. The standard InChI is InChI=1S/C20H24BrN3O/c21-17-6-4-16(5-7-17)12-13-22-20(25)23-18-8-10-19(11-9-18)24-14-2-1-3-15-24/h4-11H,1-3,12-15H2,(H2,22,23,25). The molecule has 0 unspecified atom stereocenters.